The summed E-state index contributed by atoms with van der Waals surface area (Å²) in [5, 5.41) is 0. The fraction of sp³-hybridized carbons (Fsp3) is 0.286. The Morgan fingerprint density at radius 1 is 1.07 bits per heavy atom. The van der Waals surface area contributed by atoms with Crippen molar-refractivity contribution in [1.29, 1.82) is 0 Å². The summed E-state index contributed by atoms with van der Waals surface area (Å²) < 4.78 is 5.91. The molecule has 0 N–H and O–H groups in total. The number of benzene rings is 1. The van der Waals surface area contributed by atoms with Gasteiger partial charge in [-0.15, -0.1) is 0 Å². The molecule has 1 aliphatic carbocycles. The zero-order chi connectivity index (χ0) is 10.1. The standard InChI is InChI=1S/C14H14O/c1-2-6-11-10-12-7-4-5-9-14(12)15-13(11)8-3-1/h4-5,7-10H,1-3,6H2. The fourth-order valence-corrected chi connectivity index (χ4v) is 2.20. The quantitative estimate of drug-likeness (QED) is 0.614. The van der Waals surface area contributed by atoms with Crippen molar-refractivity contribution in [2.45, 2.75) is 25.7 Å². The first-order valence-electron chi connectivity index (χ1n) is 5.61. The predicted molar refractivity (Wildman–Crippen MR) is 61.6 cm³/mol. The summed E-state index contributed by atoms with van der Waals surface area (Å²) in [5.74, 6) is 2.08. The summed E-state index contributed by atoms with van der Waals surface area (Å²) in [6.07, 6.45) is 9.36. The van der Waals surface area contributed by atoms with Gasteiger partial charge in [0.2, 0.25) is 0 Å². The lowest BCUT2D eigenvalue weighted by atomic mass is 10.0. The second-order valence-electron chi connectivity index (χ2n) is 4.12. The van der Waals surface area contributed by atoms with E-state index in [2.05, 4.69) is 24.3 Å². The van der Waals surface area contributed by atoms with Gasteiger partial charge in [0.15, 0.2) is 0 Å². The third-order valence-electron chi connectivity index (χ3n) is 3.02. The molecule has 1 nitrogen and oxygen atoms in total. The van der Waals surface area contributed by atoms with Gasteiger partial charge in [-0.25, -0.2) is 0 Å². The van der Waals surface area contributed by atoms with E-state index in [1.165, 1.54) is 24.0 Å². The lowest BCUT2D eigenvalue weighted by Gasteiger charge is -2.19. The lowest BCUT2D eigenvalue weighted by molar-refractivity contribution is 0.427. The Kier molecular flexibility index (Phi) is 2.09. The van der Waals surface area contributed by atoms with Gasteiger partial charge in [0.05, 0.1) is 0 Å². The Hall–Kier alpha value is -1.50. The van der Waals surface area contributed by atoms with Crippen LogP contribution in [-0.4, -0.2) is 0 Å². The molecule has 0 aromatic heterocycles. The minimum Gasteiger partial charge on any atom is -0.457 e. The minimum absolute atomic E-state index is 0.995. The SMILES string of the molecule is C1=C2CCCCC=C2Oc2ccccc21. The third-order valence-corrected chi connectivity index (χ3v) is 3.02. The van der Waals surface area contributed by atoms with E-state index < -0.39 is 0 Å². The Bertz CT molecular complexity index is 440. The average molecular weight is 198 g/mol. The molecule has 0 radical (unpaired) electrons. The molecule has 0 atom stereocenters. The molecule has 0 unspecified atom stereocenters. The van der Waals surface area contributed by atoms with Crippen LogP contribution in [0.5, 0.6) is 5.75 Å². The smallest absolute Gasteiger partial charge is 0.134 e. The summed E-state index contributed by atoms with van der Waals surface area (Å²) in [6.45, 7) is 0. The maximum Gasteiger partial charge on any atom is 0.134 e. The van der Waals surface area contributed by atoms with Crippen LogP contribution >= 0.6 is 0 Å². The van der Waals surface area contributed by atoms with Gasteiger partial charge in [0.25, 0.3) is 0 Å². The number of fused-ring (bicyclic) bond motifs is 2. The van der Waals surface area contributed by atoms with Gasteiger partial charge in [-0.2, -0.15) is 0 Å². The van der Waals surface area contributed by atoms with E-state index in [4.69, 9.17) is 4.74 Å². The highest BCUT2D eigenvalue weighted by Gasteiger charge is 2.17. The minimum atomic E-state index is 0.995. The Morgan fingerprint density at radius 3 is 3.00 bits per heavy atom. The van der Waals surface area contributed by atoms with E-state index in [9.17, 15) is 0 Å². The first-order chi connectivity index (χ1) is 7.43. The molecule has 0 fully saturated rings. The van der Waals surface area contributed by atoms with Crippen LogP contribution in [0.1, 0.15) is 31.2 Å². The van der Waals surface area contributed by atoms with Crippen LogP contribution < -0.4 is 4.74 Å². The molecule has 1 aromatic rings. The monoisotopic (exact) mass is 198 g/mol. The molecular formula is C14H14O. The van der Waals surface area contributed by atoms with Crippen LogP contribution in [0.3, 0.4) is 0 Å². The zero-order valence-electron chi connectivity index (χ0n) is 8.70. The van der Waals surface area contributed by atoms with Crippen LogP contribution in [0, 0.1) is 0 Å². The predicted octanol–water partition coefficient (Wildman–Crippen LogP) is 3.92. The molecule has 0 bridgehead atoms. The first-order valence-corrected chi connectivity index (χ1v) is 5.61. The number of ether oxygens (including phenoxy) is 1. The topological polar surface area (TPSA) is 9.23 Å². The van der Waals surface area contributed by atoms with Crippen molar-refractivity contribution < 1.29 is 4.74 Å². The molecule has 15 heavy (non-hydrogen) atoms. The van der Waals surface area contributed by atoms with Crippen molar-refractivity contribution in [1.82, 2.24) is 0 Å². The largest absolute Gasteiger partial charge is 0.457 e. The molecule has 0 spiro atoms. The molecule has 0 saturated carbocycles. The summed E-state index contributed by atoms with van der Waals surface area (Å²) in [5.41, 5.74) is 2.58. The van der Waals surface area contributed by atoms with E-state index >= 15 is 0 Å². The van der Waals surface area contributed by atoms with Crippen LogP contribution in [-0.2, 0) is 0 Å². The molecule has 1 heterocycles. The van der Waals surface area contributed by atoms with Crippen LogP contribution in [0.15, 0.2) is 41.7 Å². The second kappa shape index (κ2) is 3.58. The number of allylic oxidation sites excluding steroid dienone is 2. The van der Waals surface area contributed by atoms with Crippen molar-refractivity contribution in [3.8, 4) is 5.75 Å². The first kappa shape index (κ1) is 8.78. The van der Waals surface area contributed by atoms with Gasteiger partial charge in [-0.05, 0) is 49.5 Å². The molecule has 0 amide bonds. The number of hydrogen-bond donors (Lipinski definition) is 0. The van der Waals surface area contributed by atoms with Crippen molar-refractivity contribution in [2.24, 2.45) is 0 Å². The van der Waals surface area contributed by atoms with Gasteiger partial charge in [-0.3, -0.25) is 0 Å². The Labute approximate surface area is 90.1 Å². The van der Waals surface area contributed by atoms with E-state index in [0.29, 0.717) is 0 Å². The highest BCUT2D eigenvalue weighted by molar-refractivity contribution is 5.66. The maximum atomic E-state index is 5.91. The summed E-state index contributed by atoms with van der Waals surface area (Å²) >= 11 is 0. The molecule has 3 rings (SSSR count). The zero-order valence-corrected chi connectivity index (χ0v) is 8.70. The summed E-state index contributed by atoms with van der Waals surface area (Å²) in [4.78, 5) is 0. The molecule has 1 heteroatoms. The highest BCUT2D eigenvalue weighted by atomic mass is 16.5. The fourth-order valence-electron chi connectivity index (χ4n) is 2.20. The molecule has 0 saturated heterocycles. The summed E-state index contributed by atoms with van der Waals surface area (Å²) in [7, 11) is 0. The van der Waals surface area contributed by atoms with Gasteiger partial charge < -0.3 is 4.74 Å². The third kappa shape index (κ3) is 1.58. The molecule has 76 valence electrons. The molecular weight excluding hydrogens is 184 g/mol. The van der Waals surface area contributed by atoms with Gasteiger partial charge in [0.1, 0.15) is 11.5 Å². The number of para-hydroxylation sites is 1. The van der Waals surface area contributed by atoms with Crippen molar-refractivity contribution >= 4 is 6.08 Å². The number of hydrogen-bond acceptors (Lipinski definition) is 1. The van der Waals surface area contributed by atoms with Crippen LogP contribution in [0.25, 0.3) is 6.08 Å². The normalized spacial score (nSPS) is 18.9. The van der Waals surface area contributed by atoms with E-state index in [1.807, 2.05) is 12.1 Å². The molecule has 1 aromatic carbocycles. The van der Waals surface area contributed by atoms with E-state index in [1.54, 1.807) is 0 Å². The van der Waals surface area contributed by atoms with Crippen molar-refractivity contribution in [3.05, 3.63) is 47.2 Å². The van der Waals surface area contributed by atoms with Crippen LogP contribution in [0.2, 0.25) is 0 Å². The Morgan fingerprint density at radius 2 is 2.00 bits per heavy atom. The van der Waals surface area contributed by atoms with Gasteiger partial charge in [-0.1, -0.05) is 18.2 Å². The average Bonchev–Trinajstić information content (AvgIpc) is 2.50. The number of rotatable bonds is 0. The van der Waals surface area contributed by atoms with E-state index in [0.717, 1.165) is 24.4 Å². The van der Waals surface area contributed by atoms with Gasteiger partial charge in [0, 0.05) is 5.56 Å². The second-order valence-corrected chi connectivity index (χ2v) is 4.12. The maximum absolute atomic E-state index is 5.91. The molecule has 2 aliphatic rings. The highest BCUT2D eigenvalue weighted by Crippen LogP contribution is 2.35. The van der Waals surface area contributed by atoms with Crippen molar-refractivity contribution in [3.63, 3.8) is 0 Å². The molecule has 1 aliphatic heterocycles. The van der Waals surface area contributed by atoms with Crippen LogP contribution in [0.4, 0.5) is 0 Å². The summed E-state index contributed by atoms with van der Waals surface area (Å²) in [6, 6.07) is 8.23. The van der Waals surface area contributed by atoms with Gasteiger partial charge >= 0.3 is 0 Å². The Balaban J connectivity index is 2.08. The lowest BCUT2D eigenvalue weighted by Crippen LogP contribution is -2.04. The van der Waals surface area contributed by atoms with E-state index in [-0.39, 0.29) is 0 Å². The van der Waals surface area contributed by atoms with Crippen molar-refractivity contribution in [2.75, 3.05) is 0 Å².